The van der Waals surface area contributed by atoms with E-state index >= 15 is 0 Å². The molecule has 3 heterocycles. The predicted octanol–water partition coefficient (Wildman–Crippen LogP) is 4.05. The number of anilines is 1. The van der Waals surface area contributed by atoms with E-state index in [9.17, 15) is 9.59 Å². The SMILES string of the molecule is O=C(NCCc1nc2ccccc2n1CC(=O)N1CCCc2ccccc21)c1cccs1. The lowest BCUT2D eigenvalue weighted by Crippen LogP contribution is -2.38. The zero-order valence-corrected chi connectivity index (χ0v) is 18.5. The van der Waals surface area contributed by atoms with Crippen molar-refractivity contribution in [2.45, 2.75) is 25.8 Å². The van der Waals surface area contributed by atoms with Gasteiger partial charge < -0.3 is 14.8 Å². The van der Waals surface area contributed by atoms with Gasteiger partial charge in [-0.1, -0.05) is 36.4 Å². The van der Waals surface area contributed by atoms with Gasteiger partial charge in [0.15, 0.2) is 0 Å². The fourth-order valence-corrected chi connectivity index (χ4v) is 4.93. The molecule has 2 aromatic carbocycles. The molecule has 1 aliphatic rings. The number of benzene rings is 2. The second-order valence-electron chi connectivity index (χ2n) is 7.86. The second kappa shape index (κ2) is 8.96. The van der Waals surface area contributed by atoms with Crippen LogP contribution >= 0.6 is 11.3 Å². The maximum absolute atomic E-state index is 13.4. The van der Waals surface area contributed by atoms with Crippen LogP contribution in [0.5, 0.6) is 0 Å². The van der Waals surface area contributed by atoms with E-state index in [1.54, 1.807) is 0 Å². The molecule has 2 amide bonds. The molecule has 5 rings (SSSR count). The summed E-state index contributed by atoms with van der Waals surface area (Å²) in [6.07, 6.45) is 2.52. The molecular formula is C25H24N4O2S. The summed E-state index contributed by atoms with van der Waals surface area (Å²) in [5.41, 5.74) is 4.03. The Morgan fingerprint density at radius 3 is 2.75 bits per heavy atom. The number of nitrogens with zero attached hydrogens (tertiary/aromatic N) is 3. The first-order chi connectivity index (χ1) is 15.7. The van der Waals surface area contributed by atoms with Gasteiger partial charge in [0, 0.05) is 25.2 Å². The number of aromatic nitrogens is 2. The van der Waals surface area contributed by atoms with Gasteiger partial charge >= 0.3 is 0 Å². The van der Waals surface area contributed by atoms with Gasteiger partial charge in [-0.25, -0.2) is 4.98 Å². The van der Waals surface area contributed by atoms with E-state index in [0.29, 0.717) is 17.8 Å². The Hall–Kier alpha value is -3.45. The Labute approximate surface area is 190 Å². The van der Waals surface area contributed by atoms with E-state index in [0.717, 1.165) is 41.9 Å². The Morgan fingerprint density at radius 2 is 1.88 bits per heavy atom. The van der Waals surface area contributed by atoms with Crippen molar-refractivity contribution in [2.75, 3.05) is 18.0 Å². The minimum atomic E-state index is -0.0799. The third-order valence-electron chi connectivity index (χ3n) is 5.82. The Balaban J connectivity index is 1.36. The lowest BCUT2D eigenvalue weighted by Gasteiger charge is -2.29. The van der Waals surface area contributed by atoms with Crippen molar-refractivity contribution >= 4 is 39.9 Å². The second-order valence-corrected chi connectivity index (χ2v) is 8.81. The number of nitrogens with one attached hydrogen (secondary N) is 1. The lowest BCUT2D eigenvalue weighted by molar-refractivity contribution is -0.119. The van der Waals surface area contributed by atoms with Crippen molar-refractivity contribution in [3.63, 3.8) is 0 Å². The minimum absolute atomic E-state index is 0.0594. The quantitative estimate of drug-likeness (QED) is 0.488. The zero-order valence-electron chi connectivity index (χ0n) is 17.7. The highest BCUT2D eigenvalue weighted by Gasteiger charge is 2.24. The van der Waals surface area contributed by atoms with E-state index in [-0.39, 0.29) is 18.4 Å². The van der Waals surface area contributed by atoms with Gasteiger partial charge in [-0.3, -0.25) is 9.59 Å². The number of carbonyl (C=O) groups is 2. The molecule has 0 bridgehead atoms. The summed E-state index contributed by atoms with van der Waals surface area (Å²) in [7, 11) is 0. The van der Waals surface area contributed by atoms with Crippen molar-refractivity contribution in [2.24, 2.45) is 0 Å². The molecule has 0 saturated heterocycles. The molecule has 1 N–H and O–H groups in total. The summed E-state index contributed by atoms with van der Waals surface area (Å²) in [6.45, 7) is 1.42. The first kappa shape index (κ1) is 20.5. The number of rotatable bonds is 6. The van der Waals surface area contributed by atoms with Crippen LogP contribution < -0.4 is 10.2 Å². The average molecular weight is 445 g/mol. The third kappa shape index (κ3) is 4.03. The molecule has 0 unspecified atom stereocenters. The highest BCUT2D eigenvalue weighted by molar-refractivity contribution is 7.12. The Bertz CT molecular complexity index is 1260. The summed E-state index contributed by atoms with van der Waals surface area (Å²) in [4.78, 5) is 33.0. The number of imidazole rings is 1. The van der Waals surface area contributed by atoms with E-state index in [2.05, 4.69) is 11.4 Å². The highest BCUT2D eigenvalue weighted by Crippen LogP contribution is 2.27. The molecule has 162 valence electrons. The fraction of sp³-hybridized carbons (Fsp3) is 0.240. The monoisotopic (exact) mass is 444 g/mol. The van der Waals surface area contributed by atoms with Crippen LogP contribution in [0.25, 0.3) is 11.0 Å². The molecule has 0 radical (unpaired) electrons. The first-order valence-corrected chi connectivity index (χ1v) is 11.7. The van der Waals surface area contributed by atoms with Crippen LogP contribution in [0, 0.1) is 0 Å². The van der Waals surface area contributed by atoms with Crippen LogP contribution in [0.2, 0.25) is 0 Å². The molecule has 7 heteroatoms. The first-order valence-electron chi connectivity index (χ1n) is 10.8. The van der Waals surface area contributed by atoms with E-state index in [1.807, 2.05) is 69.4 Å². The van der Waals surface area contributed by atoms with Crippen LogP contribution in [0.4, 0.5) is 5.69 Å². The molecule has 2 aromatic heterocycles. The maximum atomic E-state index is 13.4. The van der Waals surface area contributed by atoms with Crippen LogP contribution in [0.1, 0.15) is 27.5 Å². The van der Waals surface area contributed by atoms with Gasteiger partial charge in [-0.2, -0.15) is 0 Å². The summed E-state index contributed by atoms with van der Waals surface area (Å²) in [5.74, 6) is 0.782. The van der Waals surface area contributed by atoms with E-state index in [4.69, 9.17) is 4.98 Å². The smallest absolute Gasteiger partial charge is 0.261 e. The molecule has 6 nitrogen and oxygen atoms in total. The van der Waals surface area contributed by atoms with Gasteiger partial charge in [0.25, 0.3) is 5.91 Å². The number of para-hydroxylation sites is 3. The van der Waals surface area contributed by atoms with Crippen molar-refractivity contribution in [1.29, 1.82) is 0 Å². The molecule has 0 spiro atoms. The summed E-state index contributed by atoms with van der Waals surface area (Å²) >= 11 is 1.42. The van der Waals surface area contributed by atoms with Gasteiger partial charge in [0.05, 0.1) is 15.9 Å². The van der Waals surface area contributed by atoms with E-state index in [1.165, 1.54) is 16.9 Å². The number of hydrogen-bond acceptors (Lipinski definition) is 4. The summed E-state index contributed by atoms with van der Waals surface area (Å²) < 4.78 is 1.99. The predicted molar refractivity (Wildman–Crippen MR) is 127 cm³/mol. The number of thiophene rings is 1. The van der Waals surface area contributed by atoms with Gasteiger partial charge in [-0.15, -0.1) is 11.3 Å². The third-order valence-corrected chi connectivity index (χ3v) is 6.69. The summed E-state index contributed by atoms with van der Waals surface area (Å²) in [5, 5.41) is 4.85. The van der Waals surface area contributed by atoms with Crippen LogP contribution in [0.15, 0.2) is 66.0 Å². The molecule has 0 atom stereocenters. The fourth-order valence-electron chi connectivity index (χ4n) is 4.29. The molecule has 0 aliphatic carbocycles. The molecule has 1 aliphatic heterocycles. The van der Waals surface area contributed by atoms with Crippen molar-refractivity contribution in [3.05, 3.63) is 82.3 Å². The Kier molecular flexibility index (Phi) is 5.73. The number of hydrogen-bond donors (Lipinski definition) is 1. The standard InChI is InChI=1S/C25H24N4O2S/c30-24(28-15-5-8-18-7-1-3-10-20(18)28)17-29-21-11-4-2-9-19(21)27-23(29)13-14-26-25(31)22-12-6-16-32-22/h1-4,6-7,9-12,16H,5,8,13-15,17H2,(H,26,31). The number of fused-ring (bicyclic) bond motifs is 2. The van der Waals surface area contributed by atoms with Crippen molar-refractivity contribution in [3.8, 4) is 0 Å². The van der Waals surface area contributed by atoms with Gasteiger partial charge in [0.2, 0.25) is 5.91 Å². The highest BCUT2D eigenvalue weighted by atomic mass is 32.1. The minimum Gasteiger partial charge on any atom is -0.351 e. The summed E-state index contributed by atoms with van der Waals surface area (Å²) in [6, 6.07) is 19.7. The van der Waals surface area contributed by atoms with Crippen molar-refractivity contribution in [1.82, 2.24) is 14.9 Å². The molecule has 0 fully saturated rings. The van der Waals surface area contributed by atoms with Gasteiger partial charge in [-0.05, 0) is 48.1 Å². The maximum Gasteiger partial charge on any atom is 0.261 e. The Morgan fingerprint density at radius 1 is 1.03 bits per heavy atom. The number of aryl methyl sites for hydroxylation is 1. The lowest BCUT2D eigenvalue weighted by atomic mass is 10.0. The number of carbonyl (C=O) groups excluding carboxylic acids is 2. The molecule has 32 heavy (non-hydrogen) atoms. The largest absolute Gasteiger partial charge is 0.351 e. The van der Waals surface area contributed by atoms with Crippen LogP contribution in [0.3, 0.4) is 0 Å². The topological polar surface area (TPSA) is 67.2 Å². The molecular weight excluding hydrogens is 420 g/mol. The van der Waals surface area contributed by atoms with Crippen molar-refractivity contribution < 1.29 is 9.59 Å². The van der Waals surface area contributed by atoms with Gasteiger partial charge in [0.1, 0.15) is 12.4 Å². The molecule has 4 aromatic rings. The zero-order chi connectivity index (χ0) is 21.9. The number of amides is 2. The average Bonchev–Trinajstić information content (AvgIpc) is 3.48. The molecule has 0 saturated carbocycles. The normalized spacial score (nSPS) is 13.2. The van der Waals surface area contributed by atoms with Crippen LogP contribution in [-0.4, -0.2) is 34.5 Å². The van der Waals surface area contributed by atoms with E-state index < -0.39 is 0 Å². The van der Waals surface area contributed by atoms with Crippen LogP contribution in [-0.2, 0) is 24.2 Å².